The topological polar surface area (TPSA) is 14.7 Å². The number of allylic oxidation sites excluding steroid dienone is 4. The molecule has 0 radical (unpaired) electrons. The number of anilines is 9. The third kappa shape index (κ3) is 5.32. The van der Waals surface area contributed by atoms with E-state index >= 15 is 0 Å². The molecule has 5 heteroatoms. The van der Waals surface area contributed by atoms with Crippen LogP contribution in [0.5, 0.6) is 0 Å². The van der Waals surface area contributed by atoms with Gasteiger partial charge in [0, 0.05) is 67.5 Å². The number of aryl methyl sites for hydroxylation is 1. The van der Waals surface area contributed by atoms with Crippen molar-refractivity contribution in [2.45, 2.75) is 19.4 Å². The van der Waals surface area contributed by atoms with Crippen molar-refractivity contribution in [1.29, 1.82) is 0 Å². The Morgan fingerprint density at radius 3 is 1.90 bits per heavy atom. The van der Waals surface area contributed by atoms with E-state index < -0.39 is 0 Å². The summed E-state index contributed by atoms with van der Waals surface area (Å²) in [4.78, 5) is 7.38. The minimum atomic E-state index is 0.0302. The molecule has 0 fully saturated rings. The minimum absolute atomic E-state index is 0.0302. The molecule has 0 saturated heterocycles. The third-order valence-electron chi connectivity index (χ3n) is 12.7. The highest BCUT2D eigenvalue weighted by atomic mass is 15.2. The fourth-order valence-corrected chi connectivity index (χ4v) is 10.2. The number of benzene rings is 8. The van der Waals surface area contributed by atoms with Crippen LogP contribution in [0.3, 0.4) is 0 Å². The monoisotopic (exact) mass is 768 g/mol. The van der Waals surface area contributed by atoms with Crippen LogP contribution in [0, 0.1) is 6.92 Å². The van der Waals surface area contributed by atoms with Gasteiger partial charge < -0.3 is 19.3 Å². The van der Waals surface area contributed by atoms with E-state index in [2.05, 4.69) is 239 Å². The van der Waals surface area contributed by atoms with E-state index in [-0.39, 0.29) is 12.8 Å². The first-order valence-corrected chi connectivity index (χ1v) is 21.0. The summed E-state index contributed by atoms with van der Waals surface area (Å²) >= 11 is 0. The van der Waals surface area contributed by atoms with Crippen LogP contribution in [0.15, 0.2) is 212 Å². The highest BCUT2D eigenvalue weighted by molar-refractivity contribution is 7.00. The second kappa shape index (κ2) is 13.8. The van der Waals surface area contributed by atoms with Crippen molar-refractivity contribution in [2.24, 2.45) is 0 Å². The molecular formula is C55H41BN4. The molecular weight excluding hydrogens is 727 g/mol. The first kappa shape index (κ1) is 34.5. The van der Waals surface area contributed by atoms with Gasteiger partial charge in [-0.05, 0) is 115 Å². The number of hydrogen-bond donors (Lipinski definition) is 0. The Balaban J connectivity index is 1.09. The lowest BCUT2D eigenvalue weighted by Gasteiger charge is -2.44. The first-order chi connectivity index (χ1) is 29.7. The zero-order valence-corrected chi connectivity index (χ0v) is 33.4. The van der Waals surface area contributed by atoms with Crippen LogP contribution in [0.2, 0.25) is 0 Å². The van der Waals surface area contributed by atoms with Crippen molar-refractivity contribution in [3.05, 3.63) is 218 Å². The predicted octanol–water partition coefficient (Wildman–Crippen LogP) is 12.7. The summed E-state index contributed by atoms with van der Waals surface area (Å²) in [5.74, 6) is 0. The fraction of sp³-hybridized carbons (Fsp3) is 0.0545. The molecule has 3 heterocycles. The molecule has 1 aliphatic carbocycles. The molecule has 3 aliphatic rings. The summed E-state index contributed by atoms with van der Waals surface area (Å²) in [5, 5.41) is 2.58. The highest BCUT2D eigenvalue weighted by Crippen LogP contribution is 2.47. The zero-order valence-electron chi connectivity index (χ0n) is 33.4. The van der Waals surface area contributed by atoms with Gasteiger partial charge in [0.05, 0.1) is 11.6 Å². The van der Waals surface area contributed by atoms with E-state index in [1.54, 1.807) is 0 Å². The van der Waals surface area contributed by atoms with Gasteiger partial charge in [-0.1, -0.05) is 133 Å². The van der Waals surface area contributed by atoms with Crippen molar-refractivity contribution in [1.82, 2.24) is 4.57 Å². The van der Waals surface area contributed by atoms with Gasteiger partial charge >= 0.3 is 0 Å². The third-order valence-corrected chi connectivity index (χ3v) is 12.7. The van der Waals surface area contributed by atoms with Crippen LogP contribution in [-0.2, 0) is 0 Å². The second-order valence-electron chi connectivity index (χ2n) is 16.2. The van der Waals surface area contributed by atoms with Gasteiger partial charge in [-0.3, -0.25) is 0 Å². The van der Waals surface area contributed by atoms with E-state index in [0.717, 1.165) is 34.9 Å². The van der Waals surface area contributed by atoms with Crippen molar-refractivity contribution in [3.63, 3.8) is 0 Å². The highest BCUT2D eigenvalue weighted by Gasteiger charge is 2.43. The number of aromatic nitrogens is 1. The second-order valence-corrected chi connectivity index (χ2v) is 16.2. The number of rotatable bonds is 6. The van der Waals surface area contributed by atoms with E-state index in [1.807, 2.05) is 0 Å². The minimum Gasteiger partial charge on any atom is -0.333 e. The summed E-state index contributed by atoms with van der Waals surface area (Å²) in [6.45, 7) is 2.26. The number of nitrogens with zero attached hydrogens (tertiary/aromatic N) is 4. The van der Waals surface area contributed by atoms with Crippen LogP contribution in [0.1, 0.15) is 18.0 Å². The maximum atomic E-state index is 2.55. The standard InChI is InChI=1S/C55H41BN4/c1-38-29-34-50-48(35-38)56-47-33-31-43(57(39-17-6-2-7-18-39)40-19-8-3-9-20-40)37-54(47)59(42-23-12-5-13-24-42)51-27-16-28-52(55(51)56)60(50)44-30-32-46-45-25-14-15-26-49(45)58(53(46)36-44)41-21-10-4-11-22-41/h2-21,23-37,41H,22H2,1H3. The number of fused-ring (bicyclic) bond motifs is 7. The van der Waals surface area contributed by atoms with Gasteiger partial charge in [-0.2, -0.15) is 0 Å². The fourth-order valence-electron chi connectivity index (χ4n) is 10.2. The van der Waals surface area contributed by atoms with Gasteiger partial charge in [0.25, 0.3) is 6.71 Å². The Kier molecular flexibility index (Phi) is 7.95. The van der Waals surface area contributed by atoms with Crippen LogP contribution in [-0.4, -0.2) is 11.3 Å². The maximum absolute atomic E-state index is 2.55. The Labute approximate surface area is 351 Å². The molecule has 0 amide bonds. The van der Waals surface area contributed by atoms with E-state index in [0.29, 0.717) is 0 Å². The van der Waals surface area contributed by atoms with Crippen molar-refractivity contribution >= 4 is 96.1 Å². The normalized spacial score (nSPS) is 14.9. The molecule has 0 bridgehead atoms. The summed E-state index contributed by atoms with van der Waals surface area (Å²) in [7, 11) is 0. The Bertz CT molecular complexity index is 3130. The smallest absolute Gasteiger partial charge is 0.252 e. The van der Waals surface area contributed by atoms with Crippen LogP contribution >= 0.6 is 0 Å². The summed E-state index contributed by atoms with van der Waals surface area (Å²) in [5.41, 5.74) is 18.2. The van der Waals surface area contributed by atoms with E-state index in [4.69, 9.17) is 0 Å². The molecule has 0 spiro atoms. The van der Waals surface area contributed by atoms with Crippen LogP contribution in [0.25, 0.3) is 21.8 Å². The van der Waals surface area contributed by atoms with Crippen molar-refractivity contribution in [3.8, 4) is 0 Å². The molecule has 12 rings (SSSR count). The summed E-state index contributed by atoms with van der Waals surface area (Å²) in [6.07, 6.45) is 9.96. The molecule has 2 aliphatic heterocycles. The van der Waals surface area contributed by atoms with Gasteiger partial charge in [-0.15, -0.1) is 0 Å². The van der Waals surface area contributed by atoms with Gasteiger partial charge in [-0.25, -0.2) is 0 Å². The SMILES string of the molecule is Cc1ccc2c(c1)B1c3ccc(N(c4ccccc4)c4ccccc4)cc3N(c3ccccc3)c3cccc(c31)N2c1ccc2c3ccccc3n(C3C=CC=CC3)c2c1. The Morgan fingerprint density at radius 1 is 0.483 bits per heavy atom. The van der Waals surface area contributed by atoms with Gasteiger partial charge in [0.2, 0.25) is 0 Å². The average molecular weight is 769 g/mol. The first-order valence-electron chi connectivity index (χ1n) is 21.0. The number of hydrogen-bond acceptors (Lipinski definition) is 3. The molecule has 1 aromatic heterocycles. The number of para-hydroxylation sites is 4. The Morgan fingerprint density at radius 2 is 1.17 bits per heavy atom. The Hall–Kier alpha value is -7.50. The van der Waals surface area contributed by atoms with Gasteiger partial charge in [0.1, 0.15) is 0 Å². The average Bonchev–Trinajstić information content (AvgIpc) is 3.64. The molecule has 8 aromatic carbocycles. The molecule has 60 heavy (non-hydrogen) atoms. The molecule has 4 nitrogen and oxygen atoms in total. The summed E-state index contributed by atoms with van der Waals surface area (Å²) < 4.78 is 2.55. The molecule has 0 saturated carbocycles. The van der Waals surface area contributed by atoms with Crippen LogP contribution < -0.4 is 31.1 Å². The van der Waals surface area contributed by atoms with Gasteiger partial charge in [0.15, 0.2) is 0 Å². The lowest BCUT2D eigenvalue weighted by atomic mass is 9.33. The molecule has 1 atom stereocenters. The zero-order chi connectivity index (χ0) is 39.7. The molecule has 0 N–H and O–H groups in total. The van der Waals surface area contributed by atoms with Crippen molar-refractivity contribution in [2.75, 3.05) is 14.7 Å². The molecule has 9 aromatic rings. The van der Waals surface area contributed by atoms with Crippen molar-refractivity contribution < 1.29 is 0 Å². The van der Waals surface area contributed by atoms with E-state index in [9.17, 15) is 0 Å². The largest absolute Gasteiger partial charge is 0.333 e. The van der Waals surface area contributed by atoms with E-state index in [1.165, 1.54) is 66.5 Å². The lowest BCUT2D eigenvalue weighted by molar-refractivity contribution is 0.648. The maximum Gasteiger partial charge on any atom is 0.252 e. The quantitative estimate of drug-likeness (QED) is 0.157. The summed E-state index contributed by atoms with van der Waals surface area (Å²) in [6, 6.07) is 69.6. The van der Waals surface area contributed by atoms with Crippen LogP contribution in [0.4, 0.5) is 51.2 Å². The predicted molar refractivity (Wildman–Crippen MR) is 255 cm³/mol. The molecule has 1 unspecified atom stereocenters. The molecule has 284 valence electrons. The lowest BCUT2D eigenvalue weighted by Crippen LogP contribution is -2.61.